The summed E-state index contributed by atoms with van der Waals surface area (Å²) in [4.78, 5) is 43.7. The molecule has 0 radical (unpaired) electrons. The summed E-state index contributed by atoms with van der Waals surface area (Å²) in [5.41, 5.74) is 0. The van der Waals surface area contributed by atoms with Gasteiger partial charge in [-0.05, 0) is 0 Å². The van der Waals surface area contributed by atoms with Gasteiger partial charge < -0.3 is 25.7 Å². The summed E-state index contributed by atoms with van der Waals surface area (Å²) < 4.78 is 0. The summed E-state index contributed by atoms with van der Waals surface area (Å²) in [6.07, 6.45) is 0. The first-order valence-electron chi connectivity index (χ1n) is 4.92. The highest BCUT2D eigenvalue weighted by Gasteiger charge is 2.52. The normalized spacial score (nSPS) is 31.6. The molecule has 0 aliphatic carbocycles. The van der Waals surface area contributed by atoms with Crippen LogP contribution in [0.3, 0.4) is 0 Å². The van der Waals surface area contributed by atoms with Crippen molar-refractivity contribution < 1.29 is 39.6 Å². The maximum atomic E-state index is 11.0. The average Bonchev–Trinajstić information content (AvgIpc) is 2.26. The van der Waals surface area contributed by atoms with E-state index >= 15 is 0 Å². The van der Waals surface area contributed by atoms with Gasteiger partial charge in [0.2, 0.25) is 0 Å². The number of nitrogens with one attached hydrogen (secondary N) is 1. The van der Waals surface area contributed by atoms with Crippen LogP contribution in [0.15, 0.2) is 0 Å². The van der Waals surface area contributed by atoms with Crippen molar-refractivity contribution in [2.75, 3.05) is 6.54 Å². The quantitative estimate of drug-likeness (QED) is 0.391. The number of piperidine rings is 1. The van der Waals surface area contributed by atoms with E-state index in [2.05, 4.69) is 5.32 Å². The van der Waals surface area contributed by atoms with Crippen molar-refractivity contribution >= 4 is 23.9 Å². The Hall–Kier alpha value is -2.16. The molecule has 0 bridgehead atoms. The summed E-state index contributed by atoms with van der Waals surface area (Å²) in [6, 6.07) is -1.63. The van der Waals surface area contributed by atoms with E-state index in [4.69, 9.17) is 20.4 Å². The van der Waals surface area contributed by atoms with Crippen molar-refractivity contribution in [3.8, 4) is 0 Å². The Kier molecular flexibility index (Phi) is 3.86. The second kappa shape index (κ2) is 5.00. The van der Waals surface area contributed by atoms with Crippen LogP contribution in [0.2, 0.25) is 0 Å². The molecule has 1 fully saturated rings. The fourth-order valence-corrected chi connectivity index (χ4v) is 2.07. The zero-order valence-corrected chi connectivity index (χ0v) is 8.94. The summed E-state index contributed by atoms with van der Waals surface area (Å²) in [7, 11) is 0. The number of aliphatic carboxylic acids is 4. The molecule has 1 heterocycles. The minimum atomic E-state index is -1.84. The molecule has 0 unspecified atom stereocenters. The highest BCUT2D eigenvalue weighted by Crippen LogP contribution is 2.29. The van der Waals surface area contributed by atoms with Gasteiger partial charge in [-0.15, -0.1) is 0 Å². The van der Waals surface area contributed by atoms with Gasteiger partial charge in [0.05, 0.1) is 17.8 Å². The molecule has 9 heteroatoms. The van der Waals surface area contributed by atoms with Crippen molar-refractivity contribution in [3.63, 3.8) is 0 Å². The van der Waals surface area contributed by atoms with E-state index in [9.17, 15) is 19.2 Å². The Morgan fingerprint density at radius 1 is 0.778 bits per heavy atom. The number of rotatable bonds is 4. The highest BCUT2D eigenvalue weighted by atomic mass is 16.4. The van der Waals surface area contributed by atoms with Gasteiger partial charge in [-0.3, -0.25) is 19.2 Å². The van der Waals surface area contributed by atoms with Crippen LogP contribution in [0.4, 0.5) is 0 Å². The van der Waals surface area contributed by atoms with Crippen LogP contribution in [0.5, 0.6) is 0 Å². The molecule has 1 aliphatic rings. The number of hydrogen-bond donors (Lipinski definition) is 5. The van der Waals surface area contributed by atoms with E-state index in [1.807, 2.05) is 0 Å². The summed E-state index contributed by atoms with van der Waals surface area (Å²) in [5, 5.41) is 37.7. The number of carboxylic acid groups (broad SMARTS) is 4. The first kappa shape index (κ1) is 13.9. The molecular formula is C9H11NO8. The molecule has 1 saturated heterocycles. The highest BCUT2D eigenvalue weighted by molar-refractivity contribution is 5.90. The van der Waals surface area contributed by atoms with Gasteiger partial charge in [0.25, 0.3) is 0 Å². The molecule has 5 N–H and O–H groups in total. The van der Waals surface area contributed by atoms with E-state index in [0.717, 1.165) is 0 Å². The summed E-state index contributed by atoms with van der Waals surface area (Å²) in [6.45, 7) is -0.410. The standard InChI is InChI=1S/C9H11NO8/c11-6(12)2-1-10-5(9(17)18)4(8(15)16)3(2)7(13)14/h2-5,10H,1H2,(H,11,12)(H,13,14)(H,15,16)(H,17,18)/t2-,3+,4+,5+/m1/s1. The van der Waals surface area contributed by atoms with E-state index in [0.29, 0.717) is 0 Å². The van der Waals surface area contributed by atoms with E-state index in [1.165, 1.54) is 0 Å². The summed E-state index contributed by atoms with van der Waals surface area (Å²) in [5.74, 6) is -11.4. The maximum Gasteiger partial charge on any atom is 0.321 e. The minimum absolute atomic E-state index is 0.410. The van der Waals surface area contributed by atoms with Crippen molar-refractivity contribution in [2.45, 2.75) is 6.04 Å². The lowest BCUT2D eigenvalue weighted by atomic mass is 9.74. The van der Waals surface area contributed by atoms with Crippen LogP contribution < -0.4 is 5.32 Å². The fourth-order valence-electron chi connectivity index (χ4n) is 2.07. The molecule has 9 nitrogen and oxygen atoms in total. The smallest absolute Gasteiger partial charge is 0.321 e. The molecule has 1 rings (SSSR count). The van der Waals surface area contributed by atoms with Gasteiger partial charge in [-0.2, -0.15) is 0 Å². The second-order valence-corrected chi connectivity index (χ2v) is 3.90. The zero-order valence-electron chi connectivity index (χ0n) is 8.94. The molecule has 0 saturated carbocycles. The van der Waals surface area contributed by atoms with Crippen molar-refractivity contribution in [1.82, 2.24) is 5.32 Å². The van der Waals surface area contributed by atoms with Crippen LogP contribution >= 0.6 is 0 Å². The Morgan fingerprint density at radius 2 is 1.28 bits per heavy atom. The molecule has 0 aromatic rings. The third-order valence-corrected chi connectivity index (χ3v) is 2.89. The second-order valence-electron chi connectivity index (χ2n) is 3.90. The van der Waals surface area contributed by atoms with E-state index in [-0.39, 0.29) is 0 Å². The third-order valence-electron chi connectivity index (χ3n) is 2.89. The lowest BCUT2D eigenvalue weighted by Gasteiger charge is -2.35. The molecule has 4 atom stereocenters. The molecular weight excluding hydrogens is 250 g/mol. The van der Waals surface area contributed by atoms with Crippen molar-refractivity contribution in [2.24, 2.45) is 17.8 Å². The SMILES string of the molecule is O=C(O)[C@@H]1[C@H](C(=O)O)[C@@H](C(=O)O)NC[C@H]1C(=O)O. The van der Waals surface area contributed by atoms with Crippen LogP contribution in [0, 0.1) is 17.8 Å². The summed E-state index contributed by atoms with van der Waals surface area (Å²) >= 11 is 0. The third kappa shape index (κ3) is 2.40. The number of hydrogen-bond acceptors (Lipinski definition) is 5. The zero-order chi connectivity index (χ0) is 14.0. The first-order chi connectivity index (χ1) is 8.27. The fraction of sp³-hybridized carbons (Fsp3) is 0.556. The van der Waals surface area contributed by atoms with Crippen LogP contribution in [-0.4, -0.2) is 56.9 Å². The first-order valence-corrected chi connectivity index (χ1v) is 4.92. The van der Waals surface area contributed by atoms with Crippen LogP contribution in [0.25, 0.3) is 0 Å². The van der Waals surface area contributed by atoms with Gasteiger partial charge in [0.1, 0.15) is 6.04 Å². The Bertz CT molecular complexity index is 367. The van der Waals surface area contributed by atoms with Crippen LogP contribution in [0.1, 0.15) is 0 Å². The van der Waals surface area contributed by atoms with Gasteiger partial charge in [0, 0.05) is 6.54 Å². The lowest BCUT2D eigenvalue weighted by Crippen LogP contribution is -2.60. The molecule has 1 aliphatic heterocycles. The molecule has 100 valence electrons. The van der Waals surface area contributed by atoms with Gasteiger partial charge >= 0.3 is 23.9 Å². The molecule has 0 aromatic heterocycles. The van der Waals surface area contributed by atoms with E-state index < -0.39 is 54.2 Å². The molecule has 0 aromatic carbocycles. The molecule has 18 heavy (non-hydrogen) atoms. The Morgan fingerprint density at radius 3 is 1.61 bits per heavy atom. The predicted molar refractivity (Wildman–Crippen MR) is 52.8 cm³/mol. The van der Waals surface area contributed by atoms with Gasteiger partial charge in [-0.1, -0.05) is 0 Å². The number of carbonyl (C=O) groups is 4. The molecule has 0 amide bonds. The number of carboxylic acids is 4. The van der Waals surface area contributed by atoms with Crippen molar-refractivity contribution in [1.29, 1.82) is 0 Å². The minimum Gasteiger partial charge on any atom is -0.481 e. The maximum absolute atomic E-state index is 11.0. The largest absolute Gasteiger partial charge is 0.481 e. The van der Waals surface area contributed by atoms with Gasteiger partial charge in [0.15, 0.2) is 0 Å². The van der Waals surface area contributed by atoms with Crippen LogP contribution in [-0.2, 0) is 19.2 Å². The van der Waals surface area contributed by atoms with Crippen molar-refractivity contribution in [3.05, 3.63) is 0 Å². The Balaban J connectivity index is 3.18. The average molecular weight is 261 g/mol. The van der Waals surface area contributed by atoms with Gasteiger partial charge in [-0.25, -0.2) is 0 Å². The van der Waals surface area contributed by atoms with E-state index in [1.54, 1.807) is 0 Å². The lowest BCUT2D eigenvalue weighted by molar-refractivity contribution is -0.169. The predicted octanol–water partition coefficient (Wildman–Crippen LogP) is -1.85. The topological polar surface area (TPSA) is 161 Å². The monoisotopic (exact) mass is 261 g/mol. The molecule has 0 spiro atoms. The Labute approximate surface area is 100 Å².